The van der Waals surface area contributed by atoms with Crippen molar-refractivity contribution in [3.63, 3.8) is 0 Å². The number of piperidine rings is 2. The van der Waals surface area contributed by atoms with Gasteiger partial charge in [-0.25, -0.2) is 0 Å². The molecule has 2 aromatic rings. The van der Waals surface area contributed by atoms with Crippen molar-refractivity contribution < 1.29 is 19.4 Å². The molecule has 2 aliphatic heterocycles. The summed E-state index contributed by atoms with van der Waals surface area (Å²) in [6.07, 6.45) is 5.55. The molecule has 1 unspecified atom stereocenters. The zero-order valence-corrected chi connectivity index (χ0v) is 19.0. The number of hydrogen-bond acceptors (Lipinski definition) is 5. The third kappa shape index (κ3) is 5.36. The second-order valence-corrected chi connectivity index (χ2v) is 8.87. The normalized spacial score (nSPS) is 19.5. The third-order valence-electron chi connectivity index (χ3n) is 6.53. The minimum absolute atomic E-state index is 0.0825. The molecule has 0 radical (unpaired) electrons. The number of para-hydroxylation sites is 2. The monoisotopic (exact) mass is 438 g/mol. The molecule has 2 saturated heterocycles. The molecule has 1 N–H and O–H groups in total. The van der Waals surface area contributed by atoms with Gasteiger partial charge in [-0.2, -0.15) is 0 Å². The number of methoxy groups -OCH3 is 1. The molecule has 6 nitrogen and oxygen atoms in total. The van der Waals surface area contributed by atoms with E-state index in [0.717, 1.165) is 57.4 Å². The van der Waals surface area contributed by atoms with E-state index < -0.39 is 0 Å². The summed E-state index contributed by atoms with van der Waals surface area (Å²) in [6.45, 7) is 4.84. The largest absolute Gasteiger partial charge is 0.504 e. The Bertz CT molecular complexity index is 910. The van der Waals surface area contributed by atoms with Gasteiger partial charge in [0.25, 0.3) is 5.91 Å². The molecule has 2 aliphatic rings. The molecular weight excluding hydrogens is 404 g/mol. The number of aromatic hydroxyl groups is 1. The summed E-state index contributed by atoms with van der Waals surface area (Å²) in [5.41, 5.74) is 1.55. The van der Waals surface area contributed by atoms with Crippen LogP contribution < -0.4 is 9.47 Å². The third-order valence-corrected chi connectivity index (χ3v) is 6.53. The molecule has 2 heterocycles. The van der Waals surface area contributed by atoms with Crippen LogP contribution in [0.3, 0.4) is 0 Å². The average molecular weight is 439 g/mol. The first-order valence-electron chi connectivity index (χ1n) is 11.7. The molecule has 0 spiro atoms. The first-order chi connectivity index (χ1) is 15.7. The van der Waals surface area contributed by atoms with Crippen molar-refractivity contribution >= 4 is 5.91 Å². The number of benzene rings is 2. The Kier molecular flexibility index (Phi) is 7.53. The van der Waals surface area contributed by atoms with E-state index in [1.165, 1.54) is 6.42 Å². The predicted molar refractivity (Wildman–Crippen MR) is 124 cm³/mol. The summed E-state index contributed by atoms with van der Waals surface area (Å²) in [5.74, 6) is 1.88. The number of nitrogens with zero attached hydrogens (tertiary/aromatic N) is 2. The fraction of sp³-hybridized carbons (Fsp3) is 0.500. The Balaban J connectivity index is 1.36. The smallest absolute Gasteiger partial charge is 0.257 e. The summed E-state index contributed by atoms with van der Waals surface area (Å²) in [4.78, 5) is 17.3. The van der Waals surface area contributed by atoms with Crippen LogP contribution in [0.1, 0.15) is 48.0 Å². The van der Waals surface area contributed by atoms with E-state index in [2.05, 4.69) is 4.90 Å². The number of hydrogen-bond donors (Lipinski definition) is 1. The molecular formula is C26H34N2O4. The lowest BCUT2D eigenvalue weighted by molar-refractivity contribution is 0.0716. The first-order valence-corrected chi connectivity index (χ1v) is 11.7. The summed E-state index contributed by atoms with van der Waals surface area (Å²) in [6, 6.07) is 13.3. The van der Waals surface area contributed by atoms with Crippen LogP contribution in [0.15, 0.2) is 42.5 Å². The molecule has 1 atom stereocenters. The lowest BCUT2D eigenvalue weighted by atomic mass is 9.98. The number of rotatable bonds is 7. The van der Waals surface area contributed by atoms with Gasteiger partial charge in [0.2, 0.25) is 0 Å². The SMILES string of the molecule is COc1cccc(CN2CCCC(COc3ccccc3C(=O)N3CCCCC3)C2)c1O. The number of phenols is 1. The van der Waals surface area contributed by atoms with Gasteiger partial charge in [0, 0.05) is 37.7 Å². The lowest BCUT2D eigenvalue weighted by Gasteiger charge is -2.33. The number of likely N-dealkylation sites (tertiary alicyclic amines) is 2. The van der Waals surface area contributed by atoms with Crippen LogP contribution >= 0.6 is 0 Å². The van der Waals surface area contributed by atoms with Crippen LogP contribution in [0.5, 0.6) is 17.2 Å². The number of phenolic OH excluding ortho intramolecular Hbond substituents is 1. The number of ether oxygens (including phenoxy) is 2. The van der Waals surface area contributed by atoms with Crippen LogP contribution in [0.25, 0.3) is 0 Å². The van der Waals surface area contributed by atoms with Gasteiger partial charge in [0.05, 0.1) is 19.3 Å². The van der Waals surface area contributed by atoms with Gasteiger partial charge in [-0.3, -0.25) is 9.69 Å². The van der Waals surface area contributed by atoms with Crippen molar-refractivity contribution in [3.05, 3.63) is 53.6 Å². The van der Waals surface area contributed by atoms with Crippen LogP contribution in [0.4, 0.5) is 0 Å². The number of amides is 1. The maximum atomic E-state index is 13.0. The highest BCUT2D eigenvalue weighted by molar-refractivity contribution is 5.97. The molecule has 32 heavy (non-hydrogen) atoms. The quantitative estimate of drug-likeness (QED) is 0.698. The van der Waals surface area contributed by atoms with E-state index in [-0.39, 0.29) is 11.7 Å². The van der Waals surface area contributed by atoms with E-state index in [0.29, 0.717) is 36.1 Å². The average Bonchev–Trinajstić information content (AvgIpc) is 2.84. The first kappa shape index (κ1) is 22.5. The molecule has 2 aromatic carbocycles. The standard InChI is InChI=1S/C26H34N2O4/c1-31-24-13-7-10-21(25(24)29)18-27-14-8-9-20(17-27)19-32-23-12-4-3-11-22(23)26(30)28-15-5-2-6-16-28/h3-4,7,10-13,20,29H,2,5-6,8-9,14-19H2,1H3. The number of carbonyl (C=O) groups excluding carboxylic acids is 1. The molecule has 1 amide bonds. The van der Waals surface area contributed by atoms with Gasteiger partial charge in [0.1, 0.15) is 5.75 Å². The van der Waals surface area contributed by atoms with Crippen molar-refractivity contribution in [1.29, 1.82) is 0 Å². The summed E-state index contributed by atoms with van der Waals surface area (Å²) in [7, 11) is 1.57. The minimum Gasteiger partial charge on any atom is -0.504 e. The van der Waals surface area contributed by atoms with Crippen molar-refractivity contribution in [1.82, 2.24) is 9.80 Å². The number of carbonyl (C=O) groups is 1. The second kappa shape index (κ2) is 10.7. The summed E-state index contributed by atoms with van der Waals surface area (Å²) < 4.78 is 11.4. The topological polar surface area (TPSA) is 62.2 Å². The molecule has 6 heteroatoms. The molecule has 0 bridgehead atoms. The highest BCUT2D eigenvalue weighted by atomic mass is 16.5. The van der Waals surface area contributed by atoms with Gasteiger partial charge >= 0.3 is 0 Å². The maximum absolute atomic E-state index is 13.0. The van der Waals surface area contributed by atoms with E-state index in [1.807, 2.05) is 41.3 Å². The van der Waals surface area contributed by atoms with Crippen LogP contribution in [-0.2, 0) is 6.54 Å². The Morgan fingerprint density at radius 1 is 1.00 bits per heavy atom. The second-order valence-electron chi connectivity index (χ2n) is 8.87. The molecule has 172 valence electrons. The Morgan fingerprint density at radius 3 is 2.59 bits per heavy atom. The van der Waals surface area contributed by atoms with Gasteiger partial charge in [-0.05, 0) is 56.8 Å². The van der Waals surface area contributed by atoms with E-state index >= 15 is 0 Å². The Morgan fingerprint density at radius 2 is 1.78 bits per heavy atom. The highest BCUT2D eigenvalue weighted by Gasteiger charge is 2.24. The zero-order valence-electron chi connectivity index (χ0n) is 19.0. The molecule has 0 saturated carbocycles. The van der Waals surface area contributed by atoms with Gasteiger partial charge in [-0.15, -0.1) is 0 Å². The molecule has 0 aromatic heterocycles. The lowest BCUT2D eigenvalue weighted by Crippen LogP contribution is -2.37. The van der Waals surface area contributed by atoms with Crippen molar-refractivity contribution in [2.75, 3.05) is 39.9 Å². The van der Waals surface area contributed by atoms with E-state index in [1.54, 1.807) is 13.2 Å². The predicted octanol–water partition coefficient (Wildman–Crippen LogP) is 4.32. The molecule has 0 aliphatic carbocycles. The van der Waals surface area contributed by atoms with Crippen LogP contribution in [0.2, 0.25) is 0 Å². The van der Waals surface area contributed by atoms with Crippen LogP contribution in [0, 0.1) is 5.92 Å². The summed E-state index contributed by atoms with van der Waals surface area (Å²) >= 11 is 0. The van der Waals surface area contributed by atoms with Crippen molar-refractivity contribution in [3.8, 4) is 17.2 Å². The maximum Gasteiger partial charge on any atom is 0.257 e. The molecule has 2 fully saturated rings. The van der Waals surface area contributed by atoms with Gasteiger partial charge < -0.3 is 19.5 Å². The van der Waals surface area contributed by atoms with Crippen LogP contribution in [-0.4, -0.2) is 60.7 Å². The highest BCUT2D eigenvalue weighted by Crippen LogP contribution is 2.31. The van der Waals surface area contributed by atoms with Gasteiger partial charge in [-0.1, -0.05) is 24.3 Å². The Labute approximate surface area is 190 Å². The molecule has 4 rings (SSSR count). The fourth-order valence-corrected chi connectivity index (χ4v) is 4.78. The minimum atomic E-state index is 0.0825. The van der Waals surface area contributed by atoms with Gasteiger partial charge in [0.15, 0.2) is 11.5 Å². The zero-order chi connectivity index (χ0) is 22.3. The fourth-order valence-electron chi connectivity index (χ4n) is 4.78. The summed E-state index contributed by atoms with van der Waals surface area (Å²) in [5, 5.41) is 10.4. The van der Waals surface area contributed by atoms with E-state index in [9.17, 15) is 9.90 Å². The van der Waals surface area contributed by atoms with E-state index in [4.69, 9.17) is 9.47 Å². The Hall–Kier alpha value is -2.73. The van der Waals surface area contributed by atoms with Crippen molar-refractivity contribution in [2.24, 2.45) is 5.92 Å². The van der Waals surface area contributed by atoms with Crippen molar-refractivity contribution in [2.45, 2.75) is 38.6 Å².